The Kier molecular flexibility index (Phi) is 3.43. The Morgan fingerprint density at radius 3 is 2.37 bits per heavy atom. The summed E-state index contributed by atoms with van der Waals surface area (Å²) in [5.74, 6) is 0. The molecule has 96 valence electrons. The number of benzene rings is 2. The molecule has 0 aliphatic carbocycles. The molecule has 0 aliphatic heterocycles. The van der Waals surface area contributed by atoms with E-state index in [1.807, 2.05) is 18.0 Å². The number of hydrogen-bond donors (Lipinski definition) is 1. The van der Waals surface area contributed by atoms with E-state index < -0.39 is 0 Å². The second-order valence-corrected chi connectivity index (χ2v) is 4.71. The van der Waals surface area contributed by atoms with Gasteiger partial charge in [0.05, 0.1) is 23.0 Å². The van der Waals surface area contributed by atoms with Crippen LogP contribution in [0.15, 0.2) is 36.4 Å². The van der Waals surface area contributed by atoms with Crippen LogP contribution in [0.4, 0.5) is 17.1 Å². The van der Waals surface area contributed by atoms with E-state index in [-0.39, 0.29) is 0 Å². The summed E-state index contributed by atoms with van der Waals surface area (Å²) in [4.78, 5) is 2.03. The SMILES string of the molecule is Cc1ccc(N(C)c2ccc(C#N)cc2N)cc1C. The molecular formula is C16H17N3. The maximum Gasteiger partial charge on any atom is 0.0992 e. The van der Waals surface area contributed by atoms with Gasteiger partial charge < -0.3 is 10.6 Å². The molecule has 0 saturated carbocycles. The summed E-state index contributed by atoms with van der Waals surface area (Å²) in [6, 6.07) is 13.8. The molecule has 19 heavy (non-hydrogen) atoms. The number of nitriles is 1. The lowest BCUT2D eigenvalue weighted by atomic mass is 10.1. The first-order chi connectivity index (χ1) is 9.02. The van der Waals surface area contributed by atoms with E-state index in [0.29, 0.717) is 11.3 Å². The van der Waals surface area contributed by atoms with Gasteiger partial charge >= 0.3 is 0 Å². The van der Waals surface area contributed by atoms with Crippen molar-refractivity contribution in [1.82, 2.24) is 0 Å². The van der Waals surface area contributed by atoms with Crippen LogP contribution in [0.5, 0.6) is 0 Å². The van der Waals surface area contributed by atoms with Crippen LogP contribution in [0.2, 0.25) is 0 Å². The summed E-state index contributed by atoms with van der Waals surface area (Å²) < 4.78 is 0. The molecule has 0 unspecified atom stereocenters. The number of anilines is 3. The summed E-state index contributed by atoms with van der Waals surface area (Å²) in [6.45, 7) is 4.18. The zero-order valence-electron chi connectivity index (χ0n) is 11.4. The van der Waals surface area contributed by atoms with E-state index >= 15 is 0 Å². The van der Waals surface area contributed by atoms with Gasteiger partial charge in [-0.1, -0.05) is 6.07 Å². The van der Waals surface area contributed by atoms with Crippen LogP contribution in [0.25, 0.3) is 0 Å². The normalized spacial score (nSPS) is 10.0. The van der Waals surface area contributed by atoms with Crippen molar-refractivity contribution in [1.29, 1.82) is 5.26 Å². The molecule has 0 atom stereocenters. The smallest absolute Gasteiger partial charge is 0.0992 e. The average Bonchev–Trinajstić information content (AvgIpc) is 2.41. The highest BCUT2D eigenvalue weighted by molar-refractivity contribution is 5.75. The number of rotatable bonds is 2. The van der Waals surface area contributed by atoms with Crippen molar-refractivity contribution >= 4 is 17.1 Å². The van der Waals surface area contributed by atoms with Gasteiger partial charge in [-0.3, -0.25) is 0 Å². The second kappa shape index (κ2) is 5.03. The van der Waals surface area contributed by atoms with Crippen LogP contribution in [0.3, 0.4) is 0 Å². The zero-order valence-corrected chi connectivity index (χ0v) is 11.4. The van der Waals surface area contributed by atoms with Crippen molar-refractivity contribution in [2.45, 2.75) is 13.8 Å². The first-order valence-corrected chi connectivity index (χ1v) is 6.13. The van der Waals surface area contributed by atoms with Gasteiger partial charge in [-0.05, 0) is 55.3 Å². The lowest BCUT2D eigenvalue weighted by Crippen LogP contribution is -2.12. The third-order valence-electron chi connectivity index (χ3n) is 3.40. The molecular weight excluding hydrogens is 234 g/mol. The minimum atomic E-state index is 0.578. The highest BCUT2D eigenvalue weighted by atomic mass is 15.1. The summed E-state index contributed by atoms with van der Waals surface area (Å²) in [7, 11) is 1.97. The van der Waals surface area contributed by atoms with Crippen LogP contribution in [-0.2, 0) is 0 Å². The Hall–Kier alpha value is -2.47. The summed E-state index contributed by atoms with van der Waals surface area (Å²) in [5, 5.41) is 8.86. The van der Waals surface area contributed by atoms with Crippen LogP contribution in [0, 0.1) is 25.2 Å². The molecule has 0 aromatic heterocycles. The van der Waals surface area contributed by atoms with Crippen LogP contribution >= 0.6 is 0 Å². The van der Waals surface area contributed by atoms with E-state index in [0.717, 1.165) is 11.4 Å². The first kappa shape index (κ1) is 13.0. The Labute approximate surface area is 113 Å². The molecule has 0 amide bonds. The van der Waals surface area contributed by atoms with Gasteiger partial charge in [0.1, 0.15) is 0 Å². The van der Waals surface area contributed by atoms with Crippen molar-refractivity contribution in [3.05, 3.63) is 53.1 Å². The molecule has 2 aromatic rings. The fourth-order valence-electron chi connectivity index (χ4n) is 2.00. The van der Waals surface area contributed by atoms with Crippen molar-refractivity contribution in [2.75, 3.05) is 17.7 Å². The van der Waals surface area contributed by atoms with Crippen molar-refractivity contribution in [3.8, 4) is 6.07 Å². The molecule has 0 spiro atoms. The molecule has 0 aliphatic rings. The number of aryl methyl sites for hydroxylation is 2. The summed E-state index contributed by atoms with van der Waals surface area (Å²) in [6.07, 6.45) is 0. The number of nitrogens with zero attached hydrogens (tertiary/aromatic N) is 2. The number of nitrogens with two attached hydrogens (primary N) is 1. The number of nitrogen functional groups attached to an aromatic ring is 1. The fraction of sp³-hybridized carbons (Fsp3) is 0.188. The van der Waals surface area contributed by atoms with Crippen molar-refractivity contribution < 1.29 is 0 Å². The zero-order chi connectivity index (χ0) is 14.0. The largest absolute Gasteiger partial charge is 0.397 e. The van der Waals surface area contributed by atoms with Gasteiger partial charge in [0.2, 0.25) is 0 Å². The molecule has 3 heteroatoms. The third kappa shape index (κ3) is 2.53. The van der Waals surface area contributed by atoms with E-state index in [2.05, 4.69) is 38.1 Å². The van der Waals surface area contributed by atoms with E-state index in [1.54, 1.807) is 12.1 Å². The molecule has 3 nitrogen and oxygen atoms in total. The van der Waals surface area contributed by atoms with Crippen LogP contribution in [0.1, 0.15) is 16.7 Å². The molecule has 0 saturated heterocycles. The molecule has 0 bridgehead atoms. The Morgan fingerprint density at radius 1 is 1.05 bits per heavy atom. The standard InChI is InChI=1S/C16H17N3/c1-11-4-6-14(8-12(11)2)19(3)16-7-5-13(10-17)9-15(16)18/h4-9H,18H2,1-3H3. The van der Waals surface area contributed by atoms with Gasteiger partial charge in [0.25, 0.3) is 0 Å². The maximum absolute atomic E-state index is 8.86. The molecule has 2 aromatic carbocycles. The van der Waals surface area contributed by atoms with Gasteiger partial charge in [0.15, 0.2) is 0 Å². The Morgan fingerprint density at radius 2 is 1.79 bits per heavy atom. The second-order valence-electron chi connectivity index (χ2n) is 4.71. The van der Waals surface area contributed by atoms with E-state index in [9.17, 15) is 0 Å². The van der Waals surface area contributed by atoms with Crippen LogP contribution < -0.4 is 10.6 Å². The number of hydrogen-bond acceptors (Lipinski definition) is 3. The fourth-order valence-corrected chi connectivity index (χ4v) is 2.00. The maximum atomic E-state index is 8.86. The molecule has 0 radical (unpaired) electrons. The van der Waals surface area contributed by atoms with Crippen molar-refractivity contribution in [3.63, 3.8) is 0 Å². The predicted octanol–water partition coefficient (Wildman–Crippen LogP) is 3.53. The summed E-state index contributed by atoms with van der Waals surface area (Å²) in [5.41, 5.74) is 11.7. The molecule has 2 rings (SSSR count). The van der Waals surface area contributed by atoms with E-state index in [1.165, 1.54) is 11.1 Å². The minimum Gasteiger partial charge on any atom is -0.397 e. The Balaban J connectivity index is 2.41. The lowest BCUT2D eigenvalue weighted by molar-refractivity contribution is 1.19. The van der Waals surface area contributed by atoms with Crippen LogP contribution in [-0.4, -0.2) is 7.05 Å². The van der Waals surface area contributed by atoms with E-state index in [4.69, 9.17) is 11.0 Å². The first-order valence-electron chi connectivity index (χ1n) is 6.13. The highest BCUT2D eigenvalue weighted by Gasteiger charge is 2.09. The topological polar surface area (TPSA) is 53.0 Å². The highest BCUT2D eigenvalue weighted by Crippen LogP contribution is 2.30. The van der Waals surface area contributed by atoms with Gasteiger partial charge in [-0.2, -0.15) is 5.26 Å². The molecule has 2 N–H and O–H groups in total. The third-order valence-corrected chi connectivity index (χ3v) is 3.40. The quantitative estimate of drug-likeness (QED) is 0.831. The molecule has 0 fully saturated rings. The van der Waals surface area contributed by atoms with Gasteiger partial charge in [0, 0.05) is 12.7 Å². The lowest BCUT2D eigenvalue weighted by Gasteiger charge is -2.22. The van der Waals surface area contributed by atoms with Gasteiger partial charge in [-0.15, -0.1) is 0 Å². The Bertz CT molecular complexity index is 654. The molecule has 0 heterocycles. The summed E-state index contributed by atoms with van der Waals surface area (Å²) >= 11 is 0. The predicted molar refractivity (Wildman–Crippen MR) is 79.5 cm³/mol. The van der Waals surface area contributed by atoms with Gasteiger partial charge in [-0.25, -0.2) is 0 Å². The average molecular weight is 251 g/mol. The minimum absolute atomic E-state index is 0.578. The monoisotopic (exact) mass is 251 g/mol. The van der Waals surface area contributed by atoms with Crippen molar-refractivity contribution in [2.24, 2.45) is 0 Å².